The van der Waals surface area contributed by atoms with Crippen LogP contribution in [0.5, 0.6) is 5.88 Å². The Morgan fingerprint density at radius 3 is 2.62 bits per heavy atom. The van der Waals surface area contributed by atoms with Crippen LogP contribution in [0.2, 0.25) is 0 Å². The van der Waals surface area contributed by atoms with E-state index in [9.17, 15) is 0 Å². The fourth-order valence-electron chi connectivity index (χ4n) is 3.06. The number of hydrogen-bond acceptors (Lipinski definition) is 4. The number of nitrogens with one attached hydrogen (secondary N) is 2. The molecular weight excluding hydrogens is 364 g/mol. The van der Waals surface area contributed by atoms with Gasteiger partial charge >= 0.3 is 0 Å². The SMILES string of the molecule is CCNC(=NCc1ccc(OC)nc1)NCc1ccccc1-n1nc(C)cc1C. The van der Waals surface area contributed by atoms with Crippen molar-refractivity contribution < 1.29 is 4.74 Å². The zero-order valence-electron chi connectivity index (χ0n) is 17.4. The average Bonchev–Trinajstić information content (AvgIpc) is 3.08. The van der Waals surface area contributed by atoms with Gasteiger partial charge in [0.1, 0.15) is 0 Å². The molecule has 0 atom stereocenters. The molecule has 0 spiro atoms. The molecule has 0 bridgehead atoms. The Kier molecular flexibility index (Phi) is 6.84. The maximum absolute atomic E-state index is 5.10. The Hall–Kier alpha value is -3.35. The van der Waals surface area contributed by atoms with Crippen LogP contribution in [0.15, 0.2) is 53.7 Å². The second kappa shape index (κ2) is 9.73. The van der Waals surface area contributed by atoms with Crippen LogP contribution in [0.4, 0.5) is 0 Å². The van der Waals surface area contributed by atoms with E-state index in [2.05, 4.69) is 57.8 Å². The normalized spacial score (nSPS) is 11.4. The lowest BCUT2D eigenvalue weighted by molar-refractivity contribution is 0.397. The zero-order valence-corrected chi connectivity index (χ0v) is 17.4. The van der Waals surface area contributed by atoms with Gasteiger partial charge in [-0.05, 0) is 44.0 Å². The summed E-state index contributed by atoms with van der Waals surface area (Å²) in [6, 6.07) is 14.2. The molecule has 3 aromatic rings. The first-order valence-electron chi connectivity index (χ1n) is 9.73. The standard InChI is InChI=1S/C22H28N6O/c1-5-23-22(25-14-18-10-11-21(29-4)24-13-18)26-15-19-8-6-7-9-20(19)28-17(3)12-16(2)27-28/h6-13H,5,14-15H2,1-4H3,(H2,23,25,26). The topological polar surface area (TPSA) is 76.4 Å². The third-order valence-electron chi connectivity index (χ3n) is 4.45. The molecule has 3 rings (SSSR count). The van der Waals surface area contributed by atoms with Crippen LogP contribution in [-0.2, 0) is 13.1 Å². The molecule has 0 aliphatic heterocycles. The highest BCUT2D eigenvalue weighted by Crippen LogP contribution is 2.17. The Morgan fingerprint density at radius 1 is 1.14 bits per heavy atom. The maximum atomic E-state index is 5.10. The molecule has 0 unspecified atom stereocenters. The molecule has 2 heterocycles. The third kappa shape index (κ3) is 5.34. The van der Waals surface area contributed by atoms with Gasteiger partial charge in [-0.3, -0.25) is 0 Å². The summed E-state index contributed by atoms with van der Waals surface area (Å²) in [5.74, 6) is 1.36. The van der Waals surface area contributed by atoms with Crippen LogP contribution < -0.4 is 15.4 Å². The predicted molar refractivity (Wildman–Crippen MR) is 115 cm³/mol. The molecule has 0 aliphatic rings. The Balaban J connectivity index is 1.73. The minimum absolute atomic E-state index is 0.533. The third-order valence-corrected chi connectivity index (χ3v) is 4.45. The minimum atomic E-state index is 0.533. The number of nitrogens with zero attached hydrogens (tertiary/aromatic N) is 4. The van der Waals surface area contributed by atoms with Crippen molar-refractivity contribution in [3.8, 4) is 11.6 Å². The number of para-hydroxylation sites is 1. The smallest absolute Gasteiger partial charge is 0.212 e. The van der Waals surface area contributed by atoms with Crippen molar-refractivity contribution in [1.29, 1.82) is 0 Å². The van der Waals surface area contributed by atoms with Gasteiger partial charge in [-0.15, -0.1) is 0 Å². The van der Waals surface area contributed by atoms with E-state index in [1.54, 1.807) is 13.3 Å². The molecule has 0 aliphatic carbocycles. The fraction of sp³-hybridized carbons (Fsp3) is 0.318. The number of hydrogen-bond donors (Lipinski definition) is 2. The number of aromatic nitrogens is 3. The molecule has 0 saturated heterocycles. The number of methoxy groups -OCH3 is 1. The number of benzene rings is 1. The molecular formula is C22H28N6O. The fourth-order valence-corrected chi connectivity index (χ4v) is 3.06. The van der Waals surface area contributed by atoms with Crippen molar-refractivity contribution in [2.75, 3.05) is 13.7 Å². The molecule has 0 amide bonds. The highest BCUT2D eigenvalue weighted by atomic mass is 16.5. The summed E-state index contributed by atoms with van der Waals surface area (Å²) >= 11 is 0. The molecule has 152 valence electrons. The monoisotopic (exact) mass is 392 g/mol. The minimum Gasteiger partial charge on any atom is -0.481 e. The first kappa shape index (κ1) is 20.4. The molecule has 29 heavy (non-hydrogen) atoms. The van der Waals surface area contributed by atoms with Crippen molar-refractivity contribution in [2.45, 2.75) is 33.9 Å². The zero-order chi connectivity index (χ0) is 20.6. The van der Waals surface area contributed by atoms with Gasteiger partial charge in [0, 0.05) is 31.0 Å². The number of guanidine groups is 1. The number of pyridine rings is 1. The molecule has 7 nitrogen and oxygen atoms in total. The van der Waals surface area contributed by atoms with Crippen molar-refractivity contribution in [3.63, 3.8) is 0 Å². The second-order valence-corrected chi connectivity index (χ2v) is 6.73. The Labute approximate surface area is 171 Å². The molecule has 0 fully saturated rings. The number of rotatable bonds is 7. The van der Waals surface area contributed by atoms with Crippen LogP contribution in [0.1, 0.15) is 29.4 Å². The molecule has 2 N–H and O–H groups in total. The van der Waals surface area contributed by atoms with E-state index in [0.717, 1.165) is 40.7 Å². The van der Waals surface area contributed by atoms with E-state index in [1.807, 2.05) is 35.9 Å². The van der Waals surface area contributed by atoms with E-state index in [1.165, 1.54) is 0 Å². The second-order valence-electron chi connectivity index (χ2n) is 6.73. The average molecular weight is 393 g/mol. The predicted octanol–water partition coefficient (Wildman–Crippen LogP) is 3.15. The van der Waals surface area contributed by atoms with Gasteiger partial charge < -0.3 is 15.4 Å². The van der Waals surface area contributed by atoms with E-state index in [-0.39, 0.29) is 0 Å². The number of ether oxygens (including phenoxy) is 1. The van der Waals surface area contributed by atoms with Crippen molar-refractivity contribution in [1.82, 2.24) is 25.4 Å². The molecule has 7 heteroatoms. The van der Waals surface area contributed by atoms with Gasteiger partial charge in [-0.1, -0.05) is 24.3 Å². The highest BCUT2D eigenvalue weighted by molar-refractivity contribution is 5.79. The van der Waals surface area contributed by atoms with Crippen LogP contribution in [0, 0.1) is 13.8 Å². The highest BCUT2D eigenvalue weighted by Gasteiger charge is 2.09. The maximum Gasteiger partial charge on any atom is 0.212 e. The van der Waals surface area contributed by atoms with Crippen LogP contribution in [-0.4, -0.2) is 34.4 Å². The van der Waals surface area contributed by atoms with Crippen molar-refractivity contribution >= 4 is 5.96 Å². The van der Waals surface area contributed by atoms with Crippen LogP contribution in [0.3, 0.4) is 0 Å². The first-order chi connectivity index (χ1) is 14.1. The summed E-state index contributed by atoms with van der Waals surface area (Å²) in [5.41, 5.74) is 5.36. The van der Waals surface area contributed by atoms with E-state index in [0.29, 0.717) is 19.0 Å². The molecule has 1 aromatic carbocycles. The first-order valence-corrected chi connectivity index (χ1v) is 9.73. The van der Waals surface area contributed by atoms with Crippen LogP contribution in [0.25, 0.3) is 5.69 Å². The summed E-state index contributed by atoms with van der Waals surface area (Å²) in [5, 5.41) is 11.3. The van der Waals surface area contributed by atoms with E-state index >= 15 is 0 Å². The van der Waals surface area contributed by atoms with Gasteiger partial charge in [-0.25, -0.2) is 14.7 Å². The van der Waals surface area contributed by atoms with Gasteiger partial charge in [0.15, 0.2) is 5.96 Å². The van der Waals surface area contributed by atoms with Crippen molar-refractivity contribution in [2.24, 2.45) is 4.99 Å². The molecule has 2 aromatic heterocycles. The molecule has 0 radical (unpaired) electrons. The number of aliphatic imine (C=N–C) groups is 1. The summed E-state index contributed by atoms with van der Waals surface area (Å²) in [4.78, 5) is 8.90. The lowest BCUT2D eigenvalue weighted by Crippen LogP contribution is -2.37. The summed E-state index contributed by atoms with van der Waals surface area (Å²) in [7, 11) is 1.61. The molecule has 0 saturated carbocycles. The Morgan fingerprint density at radius 2 is 1.97 bits per heavy atom. The van der Waals surface area contributed by atoms with Crippen molar-refractivity contribution in [3.05, 3.63) is 71.2 Å². The van der Waals surface area contributed by atoms with Gasteiger partial charge in [0.05, 0.1) is 25.0 Å². The van der Waals surface area contributed by atoms with Crippen LogP contribution >= 0.6 is 0 Å². The van der Waals surface area contributed by atoms with E-state index < -0.39 is 0 Å². The largest absolute Gasteiger partial charge is 0.481 e. The van der Waals surface area contributed by atoms with Gasteiger partial charge in [0.2, 0.25) is 5.88 Å². The summed E-state index contributed by atoms with van der Waals surface area (Å²) in [6.45, 7) is 8.08. The Bertz CT molecular complexity index is 962. The lowest BCUT2D eigenvalue weighted by atomic mass is 10.1. The van der Waals surface area contributed by atoms with E-state index in [4.69, 9.17) is 4.74 Å². The number of aryl methyl sites for hydroxylation is 2. The van der Waals surface area contributed by atoms with Gasteiger partial charge in [0.25, 0.3) is 0 Å². The summed E-state index contributed by atoms with van der Waals surface area (Å²) in [6.07, 6.45) is 1.78. The lowest BCUT2D eigenvalue weighted by Gasteiger charge is -2.15. The quantitative estimate of drug-likeness (QED) is 0.477. The summed E-state index contributed by atoms with van der Waals surface area (Å²) < 4.78 is 7.09. The van der Waals surface area contributed by atoms with Gasteiger partial charge in [-0.2, -0.15) is 5.10 Å².